The SMILES string of the molecule is Nc1cccc2c1N(Cc1ccc([N+](=O)[O-])cc1)CCO2. The van der Waals surface area contributed by atoms with E-state index in [0.717, 1.165) is 23.5 Å². The highest BCUT2D eigenvalue weighted by Crippen LogP contribution is 2.37. The van der Waals surface area contributed by atoms with Crippen molar-refractivity contribution in [3.05, 3.63) is 58.1 Å². The standard InChI is InChI=1S/C15H15N3O3/c16-13-2-1-3-14-15(13)17(8-9-21-14)10-11-4-6-12(7-5-11)18(19)20/h1-7H,8-10,16H2. The number of benzene rings is 2. The Morgan fingerprint density at radius 3 is 2.71 bits per heavy atom. The molecule has 108 valence electrons. The topological polar surface area (TPSA) is 81.6 Å². The van der Waals surface area contributed by atoms with Gasteiger partial charge in [0.1, 0.15) is 18.0 Å². The van der Waals surface area contributed by atoms with Gasteiger partial charge in [0, 0.05) is 18.7 Å². The molecule has 6 nitrogen and oxygen atoms in total. The Labute approximate surface area is 121 Å². The van der Waals surface area contributed by atoms with Crippen LogP contribution < -0.4 is 15.4 Å². The highest BCUT2D eigenvalue weighted by atomic mass is 16.6. The van der Waals surface area contributed by atoms with Gasteiger partial charge in [0.15, 0.2) is 0 Å². The molecule has 0 aromatic heterocycles. The third-order valence-electron chi connectivity index (χ3n) is 3.49. The van der Waals surface area contributed by atoms with Crippen LogP contribution in [-0.2, 0) is 6.54 Å². The number of nitrogens with zero attached hydrogens (tertiary/aromatic N) is 2. The lowest BCUT2D eigenvalue weighted by atomic mass is 10.1. The zero-order chi connectivity index (χ0) is 14.8. The van der Waals surface area contributed by atoms with E-state index in [4.69, 9.17) is 10.5 Å². The number of nitro benzene ring substituents is 1. The van der Waals surface area contributed by atoms with Crippen LogP contribution in [0.2, 0.25) is 0 Å². The normalized spacial score (nSPS) is 13.4. The molecule has 21 heavy (non-hydrogen) atoms. The van der Waals surface area contributed by atoms with E-state index in [-0.39, 0.29) is 5.69 Å². The van der Waals surface area contributed by atoms with Crippen molar-refractivity contribution in [3.8, 4) is 5.75 Å². The Hall–Kier alpha value is -2.76. The summed E-state index contributed by atoms with van der Waals surface area (Å²) in [4.78, 5) is 12.4. The van der Waals surface area contributed by atoms with Crippen LogP contribution in [0.25, 0.3) is 0 Å². The van der Waals surface area contributed by atoms with E-state index in [1.165, 1.54) is 12.1 Å². The summed E-state index contributed by atoms with van der Waals surface area (Å²) in [6.45, 7) is 1.98. The number of ether oxygens (including phenoxy) is 1. The predicted molar refractivity (Wildman–Crippen MR) is 80.5 cm³/mol. The summed E-state index contributed by atoms with van der Waals surface area (Å²) in [5, 5.41) is 10.7. The zero-order valence-corrected chi connectivity index (χ0v) is 11.4. The minimum atomic E-state index is -0.397. The van der Waals surface area contributed by atoms with Crippen molar-refractivity contribution < 1.29 is 9.66 Å². The number of nitro groups is 1. The minimum Gasteiger partial charge on any atom is -0.489 e. The predicted octanol–water partition coefficient (Wildman–Crippen LogP) is 2.58. The van der Waals surface area contributed by atoms with Crippen molar-refractivity contribution in [2.75, 3.05) is 23.8 Å². The highest BCUT2D eigenvalue weighted by molar-refractivity contribution is 5.75. The molecule has 2 N–H and O–H groups in total. The first kappa shape index (κ1) is 13.2. The Morgan fingerprint density at radius 1 is 1.24 bits per heavy atom. The molecule has 1 heterocycles. The molecule has 6 heteroatoms. The van der Waals surface area contributed by atoms with E-state index in [0.29, 0.717) is 18.8 Å². The number of para-hydroxylation sites is 1. The van der Waals surface area contributed by atoms with Gasteiger partial charge < -0.3 is 15.4 Å². The van der Waals surface area contributed by atoms with Gasteiger partial charge in [-0.25, -0.2) is 0 Å². The molecule has 0 saturated carbocycles. The molecule has 0 aliphatic carbocycles. The maximum atomic E-state index is 10.7. The molecule has 1 aliphatic heterocycles. The van der Waals surface area contributed by atoms with Crippen LogP contribution in [-0.4, -0.2) is 18.1 Å². The van der Waals surface area contributed by atoms with Crippen LogP contribution in [0.5, 0.6) is 5.75 Å². The molecule has 0 atom stereocenters. The van der Waals surface area contributed by atoms with Gasteiger partial charge in [-0.05, 0) is 17.7 Å². The lowest BCUT2D eigenvalue weighted by Crippen LogP contribution is -2.32. The summed E-state index contributed by atoms with van der Waals surface area (Å²) in [5.41, 5.74) is 8.70. The number of non-ortho nitro benzene ring substituents is 1. The van der Waals surface area contributed by atoms with Gasteiger partial charge in [0.05, 0.1) is 17.2 Å². The fraction of sp³-hybridized carbons (Fsp3) is 0.200. The molecule has 3 rings (SSSR count). The quantitative estimate of drug-likeness (QED) is 0.532. The molecule has 0 unspecified atom stereocenters. The Morgan fingerprint density at radius 2 is 2.00 bits per heavy atom. The Balaban J connectivity index is 1.85. The van der Waals surface area contributed by atoms with Crippen LogP contribution in [0.4, 0.5) is 17.1 Å². The molecular formula is C15H15N3O3. The second-order valence-electron chi connectivity index (χ2n) is 4.89. The molecule has 1 aliphatic rings. The van der Waals surface area contributed by atoms with Gasteiger partial charge >= 0.3 is 0 Å². The van der Waals surface area contributed by atoms with Crippen molar-refractivity contribution in [1.82, 2.24) is 0 Å². The van der Waals surface area contributed by atoms with E-state index in [1.54, 1.807) is 12.1 Å². The van der Waals surface area contributed by atoms with Crippen LogP contribution in [0, 0.1) is 10.1 Å². The second-order valence-corrected chi connectivity index (χ2v) is 4.89. The van der Waals surface area contributed by atoms with Crippen LogP contribution in [0.3, 0.4) is 0 Å². The van der Waals surface area contributed by atoms with E-state index >= 15 is 0 Å². The summed E-state index contributed by atoms with van der Waals surface area (Å²) in [6.07, 6.45) is 0. The van der Waals surface area contributed by atoms with Crippen molar-refractivity contribution in [3.63, 3.8) is 0 Å². The summed E-state index contributed by atoms with van der Waals surface area (Å²) >= 11 is 0. The first-order chi connectivity index (χ1) is 10.1. The molecule has 0 amide bonds. The first-order valence-corrected chi connectivity index (χ1v) is 6.65. The minimum absolute atomic E-state index is 0.0978. The van der Waals surface area contributed by atoms with Gasteiger partial charge in [0.2, 0.25) is 0 Å². The Bertz CT molecular complexity index is 670. The van der Waals surface area contributed by atoms with Gasteiger partial charge in [-0.3, -0.25) is 10.1 Å². The monoisotopic (exact) mass is 285 g/mol. The van der Waals surface area contributed by atoms with E-state index in [1.807, 2.05) is 18.2 Å². The average molecular weight is 285 g/mol. The number of hydrogen-bond acceptors (Lipinski definition) is 5. The van der Waals surface area contributed by atoms with Gasteiger partial charge in [-0.2, -0.15) is 0 Å². The first-order valence-electron chi connectivity index (χ1n) is 6.65. The number of nitrogen functional groups attached to an aromatic ring is 1. The fourth-order valence-corrected chi connectivity index (χ4v) is 2.47. The molecular weight excluding hydrogens is 270 g/mol. The molecule has 2 aromatic rings. The van der Waals surface area contributed by atoms with Crippen LogP contribution in [0.1, 0.15) is 5.56 Å². The van der Waals surface area contributed by atoms with Crippen LogP contribution >= 0.6 is 0 Å². The lowest BCUT2D eigenvalue weighted by Gasteiger charge is -2.32. The second kappa shape index (κ2) is 5.32. The smallest absolute Gasteiger partial charge is 0.269 e. The lowest BCUT2D eigenvalue weighted by molar-refractivity contribution is -0.384. The van der Waals surface area contributed by atoms with Crippen molar-refractivity contribution in [1.29, 1.82) is 0 Å². The largest absolute Gasteiger partial charge is 0.489 e. The molecule has 0 bridgehead atoms. The number of nitrogens with two attached hydrogens (primary N) is 1. The molecule has 0 radical (unpaired) electrons. The number of hydrogen-bond donors (Lipinski definition) is 1. The summed E-state index contributed by atoms with van der Waals surface area (Å²) in [5.74, 6) is 0.781. The molecule has 0 fully saturated rings. The highest BCUT2D eigenvalue weighted by Gasteiger charge is 2.20. The molecule has 2 aromatic carbocycles. The number of fused-ring (bicyclic) bond motifs is 1. The molecule has 0 saturated heterocycles. The maximum absolute atomic E-state index is 10.7. The Kier molecular flexibility index (Phi) is 3.35. The van der Waals surface area contributed by atoms with Gasteiger partial charge in [-0.1, -0.05) is 18.2 Å². The summed E-state index contributed by atoms with van der Waals surface area (Å²) < 4.78 is 5.61. The maximum Gasteiger partial charge on any atom is 0.269 e. The van der Waals surface area contributed by atoms with Gasteiger partial charge in [-0.15, -0.1) is 0 Å². The number of rotatable bonds is 3. The van der Waals surface area contributed by atoms with Crippen molar-refractivity contribution in [2.45, 2.75) is 6.54 Å². The fourth-order valence-electron chi connectivity index (χ4n) is 2.47. The number of anilines is 2. The third kappa shape index (κ3) is 2.60. The molecule has 0 spiro atoms. The van der Waals surface area contributed by atoms with Crippen molar-refractivity contribution >= 4 is 17.1 Å². The third-order valence-corrected chi connectivity index (χ3v) is 3.49. The van der Waals surface area contributed by atoms with Crippen LogP contribution in [0.15, 0.2) is 42.5 Å². The van der Waals surface area contributed by atoms with Gasteiger partial charge in [0.25, 0.3) is 5.69 Å². The van der Waals surface area contributed by atoms with Crippen molar-refractivity contribution in [2.24, 2.45) is 0 Å². The van der Waals surface area contributed by atoms with E-state index in [9.17, 15) is 10.1 Å². The zero-order valence-electron chi connectivity index (χ0n) is 11.4. The average Bonchev–Trinajstić information content (AvgIpc) is 2.48. The van der Waals surface area contributed by atoms with E-state index in [2.05, 4.69) is 4.90 Å². The summed E-state index contributed by atoms with van der Waals surface area (Å²) in [7, 11) is 0. The van der Waals surface area contributed by atoms with E-state index < -0.39 is 4.92 Å². The summed E-state index contributed by atoms with van der Waals surface area (Å²) in [6, 6.07) is 12.2.